The Hall–Kier alpha value is -1.75. The largest absolute Gasteiger partial charge is 0.493 e. The molecular formula is C25H37NO4. The van der Waals surface area contributed by atoms with E-state index in [-0.39, 0.29) is 41.4 Å². The molecule has 4 unspecified atom stereocenters. The number of methoxy groups -OCH3 is 2. The molecule has 166 valence electrons. The predicted octanol–water partition coefficient (Wildman–Crippen LogP) is 4.87. The summed E-state index contributed by atoms with van der Waals surface area (Å²) >= 11 is 0. The summed E-state index contributed by atoms with van der Waals surface area (Å²) in [5.41, 5.74) is 2.60. The van der Waals surface area contributed by atoms with Crippen LogP contribution in [-0.4, -0.2) is 32.3 Å². The molecule has 2 aliphatic carbocycles. The molecular weight excluding hydrogens is 378 g/mol. The smallest absolute Gasteiger partial charge is 0.317 e. The first-order valence-electron chi connectivity index (χ1n) is 11.4. The average molecular weight is 416 g/mol. The molecule has 0 radical (unpaired) electrons. The van der Waals surface area contributed by atoms with Crippen LogP contribution in [0.4, 0.5) is 0 Å². The third kappa shape index (κ3) is 2.73. The highest BCUT2D eigenvalue weighted by Crippen LogP contribution is 2.66. The van der Waals surface area contributed by atoms with Crippen molar-refractivity contribution >= 4 is 5.97 Å². The van der Waals surface area contributed by atoms with Crippen LogP contribution < -0.4 is 14.8 Å². The van der Waals surface area contributed by atoms with Gasteiger partial charge in [-0.2, -0.15) is 0 Å². The summed E-state index contributed by atoms with van der Waals surface area (Å²) in [6.07, 6.45) is 2.74. The molecule has 1 saturated heterocycles. The number of hydrogen-bond donors (Lipinski definition) is 1. The maximum Gasteiger partial charge on any atom is 0.317 e. The lowest BCUT2D eigenvalue weighted by Crippen LogP contribution is -2.56. The van der Waals surface area contributed by atoms with Gasteiger partial charge in [0.15, 0.2) is 11.5 Å². The molecule has 0 aromatic heterocycles. The number of nitrogens with one attached hydrogen (secondary N) is 1. The first-order chi connectivity index (χ1) is 14.1. The van der Waals surface area contributed by atoms with Crippen molar-refractivity contribution in [2.45, 2.75) is 90.3 Å². The van der Waals surface area contributed by atoms with Gasteiger partial charge in [-0.3, -0.25) is 4.79 Å². The summed E-state index contributed by atoms with van der Waals surface area (Å²) < 4.78 is 18.1. The SMILES string of the molecule is COc1c(C(C)C)cc2c(c1OC)C13CCCC(C)(C)C1C(OC3=O)C2NC(C)C. The van der Waals surface area contributed by atoms with E-state index < -0.39 is 5.41 Å². The van der Waals surface area contributed by atoms with Gasteiger partial charge in [-0.1, -0.05) is 48.0 Å². The molecule has 1 heterocycles. The molecule has 1 aliphatic heterocycles. The van der Waals surface area contributed by atoms with Gasteiger partial charge in [0.2, 0.25) is 0 Å². The summed E-state index contributed by atoms with van der Waals surface area (Å²) in [5, 5.41) is 3.73. The highest BCUT2D eigenvalue weighted by Gasteiger charge is 2.70. The van der Waals surface area contributed by atoms with E-state index in [2.05, 4.69) is 52.9 Å². The van der Waals surface area contributed by atoms with Crippen LogP contribution >= 0.6 is 0 Å². The van der Waals surface area contributed by atoms with Crippen LogP contribution in [0.3, 0.4) is 0 Å². The number of esters is 1. The van der Waals surface area contributed by atoms with E-state index in [0.29, 0.717) is 5.75 Å². The highest BCUT2D eigenvalue weighted by molar-refractivity contribution is 5.90. The van der Waals surface area contributed by atoms with Crippen molar-refractivity contribution in [2.24, 2.45) is 11.3 Å². The Bertz CT molecular complexity index is 859. The first-order valence-corrected chi connectivity index (χ1v) is 11.4. The molecule has 0 spiro atoms. The van der Waals surface area contributed by atoms with Crippen molar-refractivity contribution in [3.8, 4) is 11.5 Å². The minimum absolute atomic E-state index is 0.00135. The normalized spacial score (nSPS) is 31.4. The van der Waals surface area contributed by atoms with E-state index in [1.165, 1.54) is 0 Å². The van der Waals surface area contributed by atoms with Gasteiger partial charge < -0.3 is 19.5 Å². The monoisotopic (exact) mass is 415 g/mol. The molecule has 4 rings (SSSR count). The fraction of sp³-hybridized carbons (Fsp3) is 0.720. The van der Waals surface area contributed by atoms with Crippen molar-refractivity contribution in [2.75, 3.05) is 14.2 Å². The van der Waals surface area contributed by atoms with E-state index in [1.807, 2.05) is 0 Å². The Kier molecular flexibility index (Phi) is 5.12. The van der Waals surface area contributed by atoms with Crippen LogP contribution in [0.25, 0.3) is 0 Å². The standard InChI is InChI=1S/C25H37NO4/c1-13(2)15-12-16-17(20(29-8)19(15)28-7)25-11-9-10-24(5,6)22(25)21(30-23(25)27)18(16)26-14(3)4/h12-14,18,21-22,26H,9-11H2,1-8H3. The van der Waals surface area contributed by atoms with Crippen LogP contribution in [0, 0.1) is 11.3 Å². The van der Waals surface area contributed by atoms with Crippen LogP contribution in [0.1, 0.15) is 89.5 Å². The fourth-order valence-corrected chi connectivity index (χ4v) is 6.64. The quantitative estimate of drug-likeness (QED) is 0.696. The van der Waals surface area contributed by atoms with Crippen LogP contribution in [0.2, 0.25) is 0 Å². The summed E-state index contributed by atoms with van der Waals surface area (Å²) in [6, 6.07) is 2.45. The molecule has 3 aliphatic rings. The van der Waals surface area contributed by atoms with Gasteiger partial charge in [-0.15, -0.1) is 0 Å². The van der Waals surface area contributed by atoms with Gasteiger partial charge in [0.1, 0.15) is 11.5 Å². The Morgan fingerprint density at radius 3 is 2.33 bits per heavy atom. The number of benzene rings is 1. The van der Waals surface area contributed by atoms with Crippen molar-refractivity contribution in [1.82, 2.24) is 5.32 Å². The predicted molar refractivity (Wildman–Crippen MR) is 117 cm³/mol. The number of fused-ring (bicyclic) bond motifs is 1. The second-order valence-electron chi connectivity index (χ2n) is 10.6. The van der Waals surface area contributed by atoms with Gasteiger partial charge in [0.05, 0.1) is 20.3 Å². The molecule has 30 heavy (non-hydrogen) atoms. The van der Waals surface area contributed by atoms with Crippen LogP contribution in [0.5, 0.6) is 11.5 Å². The minimum atomic E-state index is -0.662. The van der Waals surface area contributed by atoms with Gasteiger partial charge >= 0.3 is 5.97 Å². The highest BCUT2D eigenvalue weighted by atomic mass is 16.6. The molecule has 5 heteroatoms. The van der Waals surface area contributed by atoms with E-state index in [0.717, 1.165) is 41.7 Å². The van der Waals surface area contributed by atoms with Gasteiger partial charge in [-0.05, 0) is 35.8 Å². The Morgan fingerprint density at radius 2 is 1.77 bits per heavy atom. The molecule has 5 nitrogen and oxygen atoms in total. The van der Waals surface area contributed by atoms with Crippen molar-refractivity contribution in [3.63, 3.8) is 0 Å². The molecule has 2 bridgehead atoms. The van der Waals surface area contributed by atoms with E-state index >= 15 is 0 Å². The number of rotatable bonds is 5. The van der Waals surface area contributed by atoms with E-state index in [4.69, 9.17) is 14.2 Å². The number of carbonyl (C=O) groups excluding carboxylic acids is 1. The molecule has 1 saturated carbocycles. The third-order valence-corrected chi connectivity index (χ3v) is 7.65. The maximum absolute atomic E-state index is 13.6. The lowest BCUT2D eigenvalue weighted by atomic mass is 9.49. The molecule has 4 atom stereocenters. The topological polar surface area (TPSA) is 56.8 Å². The summed E-state index contributed by atoms with van der Waals surface area (Å²) in [7, 11) is 3.39. The molecule has 2 fully saturated rings. The summed E-state index contributed by atoms with van der Waals surface area (Å²) in [6.45, 7) is 13.2. The minimum Gasteiger partial charge on any atom is -0.493 e. The van der Waals surface area contributed by atoms with Crippen molar-refractivity contribution in [1.29, 1.82) is 0 Å². The Balaban J connectivity index is 2.10. The van der Waals surface area contributed by atoms with Crippen molar-refractivity contribution < 1.29 is 19.0 Å². The van der Waals surface area contributed by atoms with Gasteiger partial charge in [0, 0.05) is 23.1 Å². The zero-order chi connectivity index (χ0) is 22.0. The van der Waals surface area contributed by atoms with Crippen LogP contribution in [0.15, 0.2) is 6.07 Å². The van der Waals surface area contributed by atoms with Crippen molar-refractivity contribution in [3.05, 3.63) is 22.8 Å². The lowest BCUT2D eigenvalue weighted by Gasteiger charge is -2.52. The molecule has 1 aromatic rings. The summed E-state index contributed by atoms with van der Waals surface area (Å²) in [4.78, 5) is 13.6. The Labute approximate surface area is 180 Å². The zero-order valence-corrected chi connectivity index (χ0v) is 19.7. The maximum atomic E-state index is 13.6. The number of ether oxygens (including phenoxy) is 3. The number of carbonyl (C=O) groups is 1. The average Bonchev–Trinajstić information content (AvgIpc) is 2.93. The molecule has 1 N–H and O–H groups in total. The van der Waals surface area contributed by atoms with Gasteiger partial charge in [0.25, 0.3) is 0 Å². The fourth-order valence-electron chi connectivity index (χ4n) is 6.64. The summed E-state index contributed by atoms with van der Waals surface area (Å²) in [5.74, 6) is 1.76. The van der Waals surface area contributed by atoms with E-state index in [1.54, 1.807) is 14.2 Å². The Morgan fingerprint density at radius 1 is 1.10 bits per heavy atom. The van der Waals surface area contributed by atoms with Gasteiger partial charge in [-0.25, -0.2) is 0 Å². The zero-order valence-electron chi connectivity index (χ0n) is 19.7. The second kappa shape index (κ2) is 7.15. The van der Waals surface area contributed by atoms with E-state index in [9.17, 15) is 4.79 Å². The second-order valence-corrected chi connectivity index (χ2v) is 10.6. The molecule has 1 aromatic carbocycles. The van der Waals surface area contributed by atoms with Crippen LogP contribution in [-0.2, 0) is 14.9 Å². The third-order valence-electron chi connectivity index (χ3n) is 7.65. The first kappa shape index (κ1) is 21.5. The number of hydrogen-bond acceptors (Lipinski definition) is 5. The molecule has 0 amide bonds. The lowest BCUT2D eigenvalue weighted by molar-refractivity contribution is -0.146.